The number of benzene rings is 2. The zero-order valence-electron chi connectivity index (χ0n) is 33.4. The van der Waals surface area contributed by atoms with Crippen molar-refractivity contribution in [3.63, 3.8) is 0 Å². The van der Waals surface area contributed by atoms with Crippen molar-refractivity contribution < 1.29 is 14.2 Å². The van der Waals surface area contributed by atoms with Crippen LogP contribution in [0.2, 0.25) is 0 Å². The fourth-order valence-corrected chi connectivity index (χ4v) is 3.13. The average Bonchev–Trinajstić information content (AvgIpc) is 3.12. The molecule has 0 saturated heterocycles. The number of aryl methyl sites for hydroxylation is 4. The predicted molar refractivity (Wildman–Crippen MR) is 216 cm³/mol. The van der Waals surface area contributed by atoms with E-state index in [0.717, 1.165) is 24.9 Å². The molecule has 0 fully saturated rings. The normalized spacial score (nSPS) is 8.36. The van der Waals surface area contributed by atoms with Crippen molar-refractivity contribution in [2.24, 2.45) is 0 Å². The highest BCUT2D eigenvalue weighted by Gasteiger charge is 1.90. The summed E-state index contributed by atoms with van der Waals surface area (Å²) < 4.78 is 14.2. The third-order valence-electron chi connectivity index (χ3n) is 5.78. The van der Waals surface area contributed by atoms with E-state index < -0.39 is 0 Å². The standard InChI is InChI=1S/C10H10O.C9H13N.C9H12O.C6H11N.C6H10.C5H8O/c1-9-3-5-10(6-4-9)7-8-11-2;1-3-4-9-6-5-8(2)7-10-9;1-8-3-5-9(6-4-8)7-10-2;1-4-5-6-7(2)3;1-3-5-6-4-2;1-3-4-5-6-2/h3-6H,1-2H3;5-7H,3-4H2,1-2H3;3-6H,7H2,1-2H3;6H2,1-3H3;3,5H2,1-2H3;5H2,1-2H3. The Kier molecular flexibility index (Phi) is 38.9. The topological polar surface area (TPSA) is 43.8 Å². The molecule has 0 unspecified atom stereocenters. The maximum Gasteiger partial charge on any atom is 0.115 e. The molecule has 1 heterocycles. The average molecular weight is 681 g/mol. The highest BCUT2D eigenvalue weighted by molar-refractivity contribution is 5.34. The Bertz CT molecular complexity index is 1360. The van der Waals surface area contributed by atoms with Gasteiger partial charge in [0, 0.05) is 38.1 Å². The quantitative estimate of drug-likeness (QED) is 0.233. The van der Waals surface area contributed by atoms with Crippen molar-refractivity contribution in [3.8, 4) is 47.5 Å². The van der Waals surface area contributed by atoms with Crippen LogP contribution in [0.3, 0.4) is 0 Å². The van der Waals surface area contributed by atoms with Crippen LogP contribution in [0.4, 0.5) is 0 Å². The molecule has 5 heteroatoms. The minimum atomic E-state index is 0.552. The van der Waals surface area contributed by atoms with Gasteiger partial charge in [0.25, 0.3) is 0 Å². The van der Waals surface area contributed by atoms with E-state index in [0.29, 0.717) is 13.2 Å². The maximum atomic E-state index is 4.97. The highest BCUT2D eigenvalue weighted by atomic mass is 16.5. The number of nitrogens with zero attached hydrogens (tertiary/aromatic N) is 2. The molecule has 0 saturated carbocycles. The lowest BCUT2D eigenvalue weighted by atomic mass is 10.2. The number of hydrogen-bond donors (Lipinski definition) is 0. The van der Waals surface area contributed by atoms with Crippen LogP contribution in [-0.4, -0.2) is 58.5 Å². The Morgan fingerprint density at radius 1 is 0.660 bits per heavy atom. The predicted octanol–water partition coefficient (Wildman–Crippen LogP) is 9.47. The third-order valence-corrected chi connectivity index (χ3v) is 5.78. The summed E-state index contributed by atoms with van der Waals surface area (Å²) in [6.07, 6.45) is 8.96. The Morgan fingerprint density at radius 2 is 1.22 bits per heavy atom. The molecule has 0 aliphatic heterocycles. The van der Waals surface area contributed by atoms with Gasteiger partial charge in [0.1, 0.15) is 12.7 Å². The Hall–Kier alpha value is -4.49. The number of pyridine rings is 1. The molecule has 0 atom stereocenters. The van der Waals surface area contributed by atoms with Crippen molar-refractivity contribution in [2.45, 2.75) is 87.7 Å². The molecule has 0 aliphatic rings. The lowest BCUT2D eigenvalue weighted by molar-refractivity contribution is 0.185. The van der Waals surface area contributed by atoms with E-state index in [1.54, 1.807) is 28.3 Å². The molecule has 0 N–H and O–H groups in total. The first-order valence-corrected chi connectivity index (χ1v) is 17.0. The second-order valence-corrected chi connectivity index (χ2v) is 11.0. The number of unbranched alkanes of at least 4 members (excludes halogenated alkanes) is 1. The van der Waals surface area contributed by atoms with Crippen LogP contribution >= 0.6 is 0 Å². The van der Waals surface area contributed by atoms with Crippen LogP contribution in [0.15, 0.2) is 66.9 Å². The molecular formula is C45H64N2O3. The van der Waals surface area contributed by atoms with Crippen molar-refractivity contribution in [3.05, 3.63) is 100 Å². The van der Waals surface area contributed by atoms with Crippen molar-refractivity contribution in [1.82, 2.24) is 9.88 Å². The van der Waals surface area contributed by atoms with Gasteiger partial charge in [-0.15, -0.1) is 23.7 Å². The molecule has 0 radical (unpaired) electrons. The van der Waals surface area contributed by atoms with Crippen LogP contribution < -0.4 is 0 Å². The fourth-order valence-electron chi connectivity index (χ4n) is 3.13. The maximum absolute atomic E-state index is 4.97. The van der Waals surface area contributed by atoms with Gasteiger partial charge < -0.3 is 14.2 Å². The molecule has 0 spiro atoms. The fraction of sp³-hybridized carbons (Fsp3) is 0.444. The summed E-state index contributed by atoms with van der Waals surface area (Å²) in [4.78, 5) is 6.31. The van der Waals surface area contributed by atoms with Gasteiger partial charge in [0.15, 0.2) is 0 Å². The van der Waals surface area contributed by atoms with Gasteiger partial charge in [-0.2, -0.15) is 0 Å². The summed E-state index contributed by atoms with van der Waals surface area (Å²) in [5, 5.41) is 0. The van der Waals surface area contributed by atoms with Crippen LogP contribution in [-0.2, 0) is 27.2 Å². The van der Waals surface area contributed by atoms with E-state index >= 15 is 0 Å². The second kappa shape index (κ2) is 39.0. The SMILES string of the molecule is CC#CCCC.CC#CCN(C)C.CC#CCOC.CCCc1ccc(C)cn1.COC#Cc1ccc(C)cc1.COCc1ccc(C)cc1. The van der Waals surface area contributed by atoms with Gasteiger partial charge in [0.2, 0.25) is 0 Å². The first-order valence-electron chi connectivity index (χ1n) is 17.0. The van der Waals surface area contributed by atoms with E-state index in [2.05, 4.69) is 126 Å². The summed E-state index contributed by atoms with van der Waals surface area (Å²) >= 11 is 0. The molecule has 1 aromatic heterocycles. The molecular weight excluding hydrogens is 617 g/mol. The van der Waals surface area contributed by atoms with Gasteiger partial charge in [0.05, 0.1) is 20.3 Å². The number of methoxy groups -OCH3 is 3. The Morgan fingerprint density at radius 3 is 1.58 bits per heavy atom. The van der Waals surface area contributed by atoms with Gasteiger partial charge in [-0.05, 0) is 104 Å². The summed E-state index contributed by atoms with van der Waals surface area (Å²) in [7, 11) is 8.90. The molecule has 0 aliphatic carbocycles. The monoisotopic (exact) mass is 680 g/mol. The Balaban J connectivity index is -0.000000540. The van der Waals surface area contributed by atoms with Gasteiger partial charge in [-0.1, -0.05) is 85.7 Å². The zero-order chi connectivity index (χ0) is 38.3. The third kappa shape index (κ3) is 38.0. The molecule has 5 nitrogen and oxygen atoms in total. The molecule has 0 bridgehead atoms. The number of rotatable bonds is 7. The smallest absolute Gasteiger partial charge is 0.115 e. The molecule has 3 aromatic rings. The van der Waals surface area contributed by atoms with Crippen molar-refractivity contribution >= 4 is 0 Å². The summed E-state index contributed by atoms with van der Waals surface area (Å²) in [6, 6.07) is 20.6. The van der Waals surface area contributed by atoms with Gasteiger partial charge >= 0.3 is 0 Å². The lowest BCUT2D eigenvalue weighted by Crippen LogP contribution is -2.10. The van der Waals surface area contributed by atoms with E-state index in [1.807, 2.05) is 70.2 Å². The lowest BCUT2D eigenvalue weighted by Gasteiger charge is -1.99. The van der Waals surface area contributed by atoms with Crippen molar-refractivity contribution in [1.29, 1.82) is 0 Å². The Labute approximate surface area is 307 Å². The van der Waals surface area contributed by atoms with E-state index in [4.69, 9.17) is 4.74 Å². The van der Waals surface area contributed by atoms with Crippen LogP contribution in [0.1, 0.15) is 87.4 Å². The van der Waals surface area contributed by atoms with Crippen molar-refractivity contribution in [2.75, 3.05) is 48.6 Å². The van der Waals surface area contributed by atoms with Crippen LogP contribution in [0.5, 0.6) is 0 Å². The van der Waals surface area contributed by atoms with E-state index in [9.17, 15) is 0 Å². The van der Waals surface area contributed by atoms with Gasteiger partial charge in [-0.25, -0.2) is 0 Å². The molecule has 272 valence electrons. The molecule has 50 heavy (non-hydrogen) atoms. The highest BCUT2D eigenvalue weighted by Crippen LogP contribution is 2.03. The first kappa shape index (κ1) is 49.9. The summed E-state index contributed by atoms with van der Waals surface area (Å²) in [6.45, 7) is 18.1. The first-order chi connectivity index (χ1) is 24.1. The van der Waals surface area contributed by atoms with Gasteiger partial charge in [-0.3, -0.25) is 9.88 Å². The second-order valence-electron chi connectivity index (χ2n) is 11.0. The van der Waals surface area contributed by atoms with E-state index in [-0.39, 0.29) is 0 Å². The number of aromatic nitrogens is 1. The van der Waals surface area contributed by atoms with Crippen LogP contribution in [0, 0.1) is 68.3 Å². The minimum Gasteiger partial charge on any atom is -0.450 e. The summed E-state index contributed by atoms with van der Waals surface area (Å²) in [5.74, 6) is 19.8. The molecule has 3 rings (SSSR count). The minimum absolute atomic E-state index is 0.552. The molecule has 2 aromatic carbocycles. The number of hydrogen-bond acceptors (Lipinski definition) is 5. The largest absolute Gasteiger partial charge is 0.450 e. The van der Waals surface area contributed by atoms with Crippen LogP contribution in [0.25, 0.3) is 0 Å². The number of ether oxygens (including phenoxy) is 3. The molecule has 0 amide bonds. The zero-order valence-corrected chi connectivity index (χ0v) is 33.4. The summed E-state index contributed by atoms with van der Waals surface area (Å²) in [5.41, 5.74) is 7.19. The van der Waals surface area contributed by atoms with E-state index in [1.165, 1.54) is 40.8 Å².